The van der Waals surface area contributed by atoms with Crippen LogP contribution in [0.2, 0.25) is 0 Å². The van der Waals surface area contributed by atoms with Crippen molar-refractivity contribution in [1.82, 2.24) is 0 Å². The lowest BCUT2D eigenvalue weighted by atomic mass is 10.1. The third-order valence-corrected chi connectivity index (χ3v) is 2.07. The number of nitrogen functional groups attached to an aromatic ring is 1. The van der Waals surface area contributed by atoms with Crippen molar-refractivity contribution in [3.8, 4) is 11.5 Å². The first-order valence-corrected chi connectivity index (χ1v) is 3.70. The van der Waals surface area contributed by atoms with E-state index in [0.29, 0.717) is 11.4 Å². The summed E-state index contributed by atoms with van der Waals surface area (Å²) in [5.74, 6) is 0.597. The monoisotopic (exact) mass is 167 g/mol. The van der Waals surface area contributed by atoms with Crippen molar-refractivity contribution in [3.05, 3.63) is 17.2 Å². The van der Waals surface area contributed by atoms with Gasteiger partial charge in [0.2, 0.25) is 0 Å². The zero-order valence-electron chi connectivity index (χ0n) is 7.51. The van der Waals surface area contributed by atoms with E-state index in [1.54, 1.807) is 0 Å². The smallest absolute Gasteiger partial charge is 0.163 e. The molecule has 0 spiro atoms. The number of aromatic hydroxyl groups is 1. The number of methoxy groups -OCH3 is 1. The molecule has 1 rings (SSSR count). The molecule has 0 aliphatic heterocycles. The summed E-state index contributed by atoms with van der Waals surface area (Å²) in [4.78, 5) is 0. The molecule has 3 heteroatoms. The standard InChI is InChI=1S/C9H13NO2/c1-5-6(2)9(12-3)8(11)4-7(5)10/h4,11H,10H2,1-3H3. The Labute approximate surface area is 71.8 Å². The minimum Gasteiger partial charge on any atom is -0.504 e. The zero-order chi connectivity index (χ0) is 9.30. The summed E-state index contributed by atoms with van der Waals surface area (Å²) in [7, 11) is 1.53. The fraction of sp³-hybridized carbons (Fsp3) is 0.333. The van der Waals surface area contributed by atoms with Gasteiger partial charge in [0, 0.05) is 11.8 Å². The van der Waals surface area contributed by atoms with E-state index in [2.05, 4.69) is 0 Å². The number of anilines is 1. The topological polar surface area (TPSA) is 55.5 Å². The summed E-state index contributed by atoms with van der Waals surface area (Å²) in [6.07, 6.45) is 0. The highest BCUT2D eigenvalue weighted by Crippen LogP contribution is 2.34. The number of hydrogen-bond donors (Lipinski definition) is 2. The molecule has 3 N–H and O–H groups in total. The van der Waals surface area contributed by atoms with Gasteiger partial charge in [0.15, 0.2) is 11.5 Å². The van der Waals surface area contributed by atoms with E-state index in [4.69, 9.17) is 10.5 Å². The minimum atomic E-state index is 0.0955. The summed E-state index contributed by atoms with van der Waals surface area (Å²) >= 11 is 0. The van der Waals surface area contributed by atoms with Crippen LogP contribution in [-0.2, 0) is 0 Å². The molecule has 12 heavy (non-hydrogen) atoms. The lowest BCUT2D eigenvalue weighted by Crippen LogP contribution is -1.96. The lowest BCUT2D eigenvalue weighted by Gasteiger charge is -2.11. The summed E-state index contributed by atoms with van der Waals surface area (Å²) in [6, 6.07) is 1.50. The van der Waals surface area contributed by atoms with Crippen LogP contribution in [0, 0.1) is 13.8 Å². The SMILES string of the molecule is COc1c(O)cc(N)c(C)c1C. The molecular formula is C9H13NO2. The average molecular weight is 167 g/mol. The Hall–Kier alpha value is -1.38. The van der Waals surface area contributed by atoms with Crippen molar-refractivity contribution < 1.29 is 9.84 Å². The molecule has 0 unspecified atom stereocenters. The van der Waals surface area contributed by atoms with Gasteiger partial charge in [-0.25, -0.2) is 0 Å². The van der Waals surface area contributed by atoms with Gasteiger partial charge in [0.25, 0.3) is 0 Å². The molecule has 0 saturated heterocycles. The highest BCUT2D eigenvalue weighted by Gasteiger charge is 2.09. The van der Waals surface area contributed by atoms with Crippen molar-refractivity contribution in [2.75, 3.05) is 12.8 Å². The van der Waals surface area contributed by atoms with Crippen LogP contribution in [0.5, 0.6) is 11.5 Å². The van der Waals surface area contributed by atoms with E-state index in [1.165, 1.54) is 13.2 Å². The lowest BCUT2D eigenvalue weighted by molar-refractivity contribution is 0.370. The van der Waals surface area contributed by atoms with Crippen LogP contribution in [0.4, 0.5) is 5.69 Å². The van der Waals surface area contributed by atoms with Gasteiger partial charge in [-0.2, -0.15) is 0 Å². The summed E-state index contributed by atoms with van der Waals surface area (Å²) in [6.45, 7) is 3.76. The number of hydrogen-bond acceptors (Lipinski definition) is 3. The minimum absolute atomic E-state index is 0.0955. The van der Waals surface area contributed by atoms with Gasteiger partial charge in [0.1, 0.15) is 0 Å². The van der Waals surface area contributed by atoms with Gasteiger partial charge in [-0.05, 0) is 25.0 Å². The molecule has 0 bridgehead atoms. The molecule has 0 aromatic heterocycles. The molecule has 0 fully saturated rings. The number of rotatable bonds is 1. The normalized spacial score (nSPS) is 9.92. The maximum Gasteiger partial charge on any atom is 0.163 e. The molecule has 1 aromatic carbocycles. The molecule has 66 valence electrons. The first-order chi connectivity index (χ1) is 5.57. The molecule has 0 saturated carbocycles. The Morgan fingerprint density at radius 1 is 1.33 bits per heavy atom. The van der Waals surface area contributed by atoms with Gasteiger partial charge in [-0.1, -0.05) is 0 Å². The predicted molar refractivity (Wildman–Crippen MR) is 48.5 cm³/mol. The van der Waals surface area contributed by atoms with Gasteiger partial charge < -0.3 is 15.6 Å². The largest absolute Gasteiger partial charge is 0.504 e. The van der Waals surface area contributed by atoms with Crippen LogP contribution >= 0.6 is 0 Å². The fourth-order valence-electron chi connectivity index (χ4n) is 1.16. The van der Waals surface area contributed by atoms with E-state index in [0.717, 1.165) is 11.1 Å². The fourth-order valence-corrected chi connectivity index (χ4v) is 1.16. The Morgan fingerprint density at radius 3 is 2.42 bits per heavy atom. The van der Waals surface area contributed by atoms with E-state index in [9.17, 15) is 5.11 Å². The van der Waals surface area contributed by atoms with Crippen LogP contribution in [0.25, 0.3) is 0 Å². The van der Waals surface area contributed by atoms with E-state index in [-0.39, 0.29) is 5.75 Å². The maximum absolute atomic E-state index is 9.39. The third-order valence-electron chi connectivity index (χ3n) is 2.07. The number of nitrogens with two attached hydrogens (primary N) is 1. The second-order valence-corrected chi connectivity index (χ2v) is 2.77. The van der Waals surface area contributed by atoms with Crippen LogP contribution in [0.1, 0.15) is 11.1 Å². The first kappa shape index (κ1) is 8.71. The van der Waals surface area contributed by atoms with Gasteiger partial charge in [0.05, 0.1) is 7.11 Å². The highest BCUT2D eigenvalue weighted by atomic mass is 16.5. The number of benzene rings is 1. The third kappa shape index (κ3) is 1.18. The van der Waals surface area contributed by atoms with Crippen LogP contribution in [0.15, 0.2) is 6.07 Å². The van der Waals surface area contributed by atoms with Gasteiger partial charge in [-0.15, -0.1) is 0 Å². The molecule has 0 radical (unpaired) electrons. The number of phenolic OH excluding ortho intramolecular Hbond substituents is 1. The Morgan fingerprint density at radius 2 is 1.92 bits per heavy atom. The molecule has 0 amide bonds. The Balaban J connectivity index is 3.40. The quantitative estimate of drug-likeness (QED) is 0.624. The van der Waals surface area contributed by atoms with Gasteiger partial charge in [-0.3, -0.25) is 0 Å². The maximum atomic E-state index is 9.39. The average Bonchev–Trinajstić information content (AvgIpc) is 2.01. The second kappa shape index (κ2) is 2.93. The van der Waals surface area contributed by atoms with Crippen LogP contribution in [0.3, 0.4) is 0 Å². The van der Waals surface area contributed by atoms with Gasteiger partial charge >= 0.3 is 0 Å². The van der Waals surface area contributed by atoms with E-state index in [1.807, 2.05) is 13.8 Å². The molecule has 0 atom stereocenters. The van der Waals surface area contributed by atoms with Crippen LogP contribution < -0.4 is 10.5 Å². The second-order valence-electron chi connectivity index (χ2n) is 2.77. The molecule has 1 aromatic rings. The first-order valence-electron chi connectivity index (χ1n) is 3.70. The Kier molecular flexibility index (Phi) is 2.13. The molecular weight excluding hydrogens is 154 g/mol. The predicted octanol–water partition coefficient (Wildman–Crippen LogP) is 1.60. The number of phenols is 1. The van der Waals surface area contributed by atoms with Crippen molar-refractivity contribution >= 4 is 5.69 Å². The number of ether oxygens (including phenoxy) is 1. The van der Waals surface area contributed by atoms with Crippen LogP contribution in [-0.4, -0.2) is 12.2 Å². The van der Waals surface area contributed by atoms with Crippen molar-refractivity contribution in [3.63, 3.8) is 0 Å². The van der Waals surface area contributed by atoms with Crippen molar-refractivity contribution in [1.29, 1.82) is 0 Å². The molecule has 0 aliphatic carbocycles. The summed E-state index contributed by atoms with van der Waals surface area (Å²) in [5, 5.41) is 9.39. The summed E-state index contributed by atoms with van der Waals surface area (Å²) < 4.78 is 5.01. The Bertz CT molecular complexity index is 308. The molecule has 0 heterocycles. The zero-order valence-corrected chi connectivity index (χ0v) is 7.51. The van der Waals surface area contributed by atoms with E-state index < -0.39 is 0 Å². The summed E-state index contributed by atoms with van der Waals surface area (Å²) in [5.41, 5.74) is 8.05. The van der Waals surface area contributed by atoms with E-state index >= 15 is 0 Å². The van der Waals surface area contributed by atoms with Crippen molar-refractivity contribution in [2.24, 2.45) is 0 Å². The highest BCUT2D eigenvalue weighted by molar-refractivity contribution is 5.61. The van der Waals surface area contributed by atoms with Crippen molar-refractivity contribution in [2.45, 2.75) is 13.8 Å². The molecule has 3 nitrogen and oxygen atoms in total. The molecule has 0 aliphatic rings.